The maximum atomic E-state index is 13.3. The third kappa shape index (κ3) is 7.08. The second-order valence-corrected chi connectivity index (χ2v) is 15.1. The molecule has 4 N–H and O–H groups in total. The minimum Gasteiger partial charge on any atom is -0.395 e. The molecule has 1 heterocycles. The predicted octanol–water partition coefficient (Wildman–Crippen LogP) is 3.49. The Morgan fingerprint density at radius 2 is 1.54 bits per heavy atom. The van der Waals surface area contributed by atoms with Gasteiger partial charge in [0.2, 0.25) is 5.91 Å². The number of carbonyl (C=O) groups is 1. The summed E-state index contributed by atoms with van der Waals surface area (Å²) in [5.41, 5.74) is 0.0406. The second kappa shape index (κ2) is 11.4. The number of aliphatic hydroxyl groups excluding tert-OH is 3. The maximum Gasteiger partial charge on any atom is 0.240 e. The fourth-order valence-electron chi connectivity index (χ4n) is 9.04. The third-order valence-electron chi connectivity index (χ3n) is 9.52. The van der Waals surface area contributed by atoms with E-state index in [2.05, 4.69) is 26.1 Å². The summed E-state index contributed by atoms with van der Waals surface area (Å²) in [5, 5.41) is 34.3. The summed E-state index contributed by atoms with van der Waals surface area (Å²) in [6.45, 7) is 12.3. The molecule has 1 amide bonds. The highest BCUT2D eigenvalue weighted by Crippen LogP contribution is 2.60. The highest BCUT2D eigenvalue weighted by Gasteiger charge is 2.52. The van der Waals surface area contributed by atoms with Crippen molar-refractivity contribution in [1.29, 1.82) is 0 Å². The Morgan fingerprint density at radius 1 is 0.946 bits per heavy atom. The lowest BCUT2D eigenvalue weighted by Gasteiger charge is -2.56. The summed E-state index contributed by atoms with van der Waals surface area (Å²) in [5.74, 6) is 2.56. The van der Waals surface area contributed by atoms with Crippen molar-refractivity contribution >= 4 is 5.91 Å². The molecule has 0 aromatic carbocycles. The standard InChI is InChI=1S/C30H54N2O5/c1-28(2,3)18-29(4,5)31-27(36)24-26(35)25(34)23(17-33)32(24)9-7-6-8-10-37-19-30-14-20-11-21(15-30)13-22(12-20)16-30/h20-26,33-35H,6-19H2,1-5H3,(H,31,36)/t20?,21?,22?,23-,24+,25+,26-,30?/m1/s1. The Hall–Kier alpha value is -0.730. The van der Waals surface area contributed by atoms with Gasteiger partial charge in [-0.15, -0.1) is 0 Å². The summed E-state index contributed by atoms with van der Waals surface area (Å²) < 4.78 is 6.22. The van der Waals surface area contributed by atoms with E-state index in [9.17, 15) is 20.1 Å². The molecule has 0 unspecified atom stereocenters. The molecule has 37 heavy (non-hydrogen) atoms. The van der Waals surface area contributed by atoms with Gasteiger partial charge in [0.15, 0.2) is 0 Å². The molecular weight excluding hydrogens is 468 g/mol. The zero-order valence-corrected chi connectivity index (χ0v) is 24.0. The molecule has 7 nitrogen and oxygen atoms in total. The van der Waals surface area contributed by atoms with Crippen molar-refractivity contribution in [3.05, 3.63) is 0 Å². The zero-order valence-electron chi connectivity index (χ0n) is 24.0. The van der Waals surface area contributed by atoms with Crippen molar-refractivity contribution in [1.82, 2.24) is 10.2 Å². The van der Waals surface area contributed by atoms with Crippen molar-refractivity contribution in [2.24, 2.45) is 28.6 Å². The van der Waals surface area contributed by atoms with Crippen molar-refractivity contribution in [2.45, 2.75) is 129 Å². The summed E-state index contributed by atoms with van der Waals surface area (Å²) in [7, 11) is 0. The van der Waals surface area contributed by atoms with Crippen LogP contribution in [0.25, 0.3) is 0 Å². The first-order chi connectivity index (χ1) is 17.3. The quantitative estimate of drug-likeness (QED) is 0.293. The molecule has 4 bridgehead atoms. The fraction of sp³-hybridized carbons (Fsp3) is 0.967. The largest absolute Gasteiger partial charge is 0.395 e. The number of aliphatic hydroxyl groups is 3. The number of rotatable bonds is 12. The van der Waals surface area contributed by atoms with Gasteiger partial charge in [0.1, 0.15) is 12.1 Å². The monoisotopic (exact) mass is 522 g/mol. The summed E-state index contributed by atoms with van der Waals surface area (Å²) in [6.07, 6.45) is 9.65. The minimum atomic E-state index is -1.22. The van der Waals surface area contributed by atoms with Gasteiger partial charge in [0.25, 0.3) is 0 Å². The molecular formula is C30H54N2O5. The number of nitrogens with one attached hydrogen (secondary N) is 1. The number of likely N-dealkylation sites (tertiary alicyclic amines) is 1. The van der Waals surface area contributed by atoms with E-state index in [1.165, 1.54) is 38.5 Å². The van der Waals surface area contributed by atoms with Gasteiger partial charge in [0, 0.05) is 12.1 Å². The van der Waals surface area contributed by atoms with Crippen LogP contribution in [0.2, 0.25) is 0 Å². The summed E-state index contributed by atoms with van der Waals surface area (Å²) in [4.78, 5) is 15.1. The van der Waals surface area contributed by atoms with Crippen LogP contribution in [-0.4, -0.2) is 82.3 Å². The molecule has 1 aliphatic heterocycles. The molecule has 1 saturated heterocycles. The topological polar surface area (TPSA) is 102 Å². The Morgan fingerprint density at radius 3 is 2.08 bits per heavy atom. The Balaban J connectivity index is 1.22. The minimum absolute atomic E-state index is 0.0374. The highest BCUT2D eigenvalue weighted by atomic mass is 16.5. The van der Waals surface area contributed by atoms with E-state index < -0.39 is 29.8 Å². The van der Waals surface area contributed by atoms with Crippen LogP contribution in [0, 0.1) is 28.6 Å². The SMILES string of the molecule is CC(C)(C)CC(C)(C)NC(=O)[C@@H]1[C@@H](O)[C@@H](O)[C@@H](CO)N1CCCCCOCC12CC3CC(CC(C3)C1)C2. The molecule has 0 radical (unpaired) electrons. The van der Waals surface area contributed by atoms with Gasteiger partial charge in [0.05, 0.1) is 25.4 Å². The molecule has 4 saturated carbocycles. The third-order valence-corrected chi connectivity index (χ3v) is 9.52. The van der Waals surface area contributed by atoms with E-state index in [0.717, 1.165) is 56.7 Å². The molecule has 214 valence electrons. The smallest absolute Gasteiger partial charge is 0.240 e. The van der Waals surface area contributed by atoms with E-state index in [-0.39, 0.29) is 17.9 Å². The van der Waals surface area contributed by atoms with E-state index in [0.29, 0.717) is 12.0 Å². The first-order valence-electron chi connectivity index (χ1n) is 14.9. The van der Waals surface area contributed by atoms with Crippen LogP contribution in [-0.2, 0) is 9.53 Å². The van der Waals surface area contributed by atoms with Gasteiger partial charge in [-0.05, 0) is 113 Å². The van der Waals surface area contributed by atoms with Crippen LogP contribution in [0.1, 0.15) is 98.8 Å². The van der Waals surface area contributed by atoms with Crippen LogP contribution in [0.4, 0.5) is 0 Å². The molecule has 0 spiro atoms. The summed E-state index contributed by atoms with van der Waals surface area (Å²) >= 11 is 0. The lowest BCUT2D eigenvalue weighted by molar-refractivity contribution is -0.131. The number of nitrogens with zero attached hydrogens (tertiary/aromatic N) is 1. The zero-order chi connectivity index (χ0) is 27.0. The molecule has 5 aliphatic rings. The van der Waals surface area contributed by atoms with Crippen molar-refractivity contribution < 1.29 is 24.9 Å². The van der Waals surface area contributed by atoms with Gasteiger partial charge in [-0.2, -0.15) is 0 Å². The Kier molecular flexibility index (Phi) is 9.02. The molecule has 5 rings (SSSR count). The number of hydrogen-bond acceptors (Lipinski definition) is 6. The van der Waals surface area contributed by atoms with E-state index >= 15 is 0 Å². The normalized spacial score (nSPS) is 37.9. The first kappa shape index (κ1) is 29.3. The molecule has 0 aromatic heterocycles. The van der Waals surface area contributed by atoms with Gasteiger partial charge >= 0.3 is 0 Å². The van der Waals surface area contributed by atoms with E-state index in [4.69, 9.17) is 4.74 Å². The Bertz CT molecular complexity index is 743. The molecule has 4 aliphatic carbocycles. The number of unbranched alkanes of at least 4 members (excludes halogenated alkanes) is 2. The van der Waals surface area contributed by atoms with E-state index in [1.807, 2.05) is 18.7 Å². The van der Waals surface area contributed by atoms with Gasteiger partial charge in [-0.3, -0.25) is 9.69 Å². The van der Waals surface area contributed by atoms with Gasteiger partial charge in [-0.25, -0.2) is 0 Å². The summed E-state index contributed by atoms with van der Waals surface area (Å²) in [6, 6.07) is -1.50. The number of amides is 1. The average Bonchev–Trinajstić information content (AvgIpc) is 2.99. The number of ether oxygens (including phenoxy) is 1. The van der Waals surface area contributed by atoms with Crippen molar-refractivity contribution in [3.63, 3.8) is 0 Å². The predicted molar refractivity (Wildman–Crippen MR) is 145 cm³/mol. The average molecular weight is 523 g/mol. The first-order valence-corrected chi connectivity index (χ1v) is 14.9. The van der Waals surface area contributed by atoms with Crippen LogP contribution in [0.15, 0.2) is 0 Å². The van der Waals surface area contributed by atoms with Crippen molar-refractivity contribution in [2.75, 3.05) is 26.4 Å². The van der Waals surface area contributed by atoms with Crippen LogP contribution in [0.3, 0.4) is 0 Å². The van der Waals surface area contributed by atoms with Crippen LogP contribution < -0.4 is 5.32 Å². The molecule has 7 heteroatoms. The maximum absolute atomic E-state index is 13.3. The lowest BCUT2D eigenvalue weighted by atomic mass is 9.50. The lowest BCUT2D eigenvalue weighted by Crippen LogP contribution is -2.56. The second-order valence-electron chi connectivity index (χ2n) is 15.1. The number of hydrogen-bond donors (Lipinski definition) is 4. The molecule has 4 atom stereocenters. The van der Waals surface area contributed by atoms with Crippen LogP contribution >= 0.6 is 0 Å². The van der Waals surface area contributed by atoms with Gasteiger partial charge in [-0.1, -0.05) is 20.8 Å². The van der Waals surface area contributed by atoms with Crippen LogP contribution in [0.5, 0.6) is 0 Å². The van der Waals surface area contributed by atoms with Gasteiger partial charge < -0.3 is 25.4 Å². The number of carbonyl (C=O) groups excluding carboxylic acids is 1. The fourth-order valence-corrected chi connectivity index (χ4v) is 9.04. The highest BCUT2D eigenvalue weighted by molar-refractivity contribution is 5.83. The molecule has 5 fully saturated rings. The van der Waals surface area contributed by atoms with Crippen molar-refractivity contribution in [3.8, 4) is 0 Å². The Labute approximate surface area is 224 Å². The molecule has 0 aromatic rings. The van der Waals surface area contributed by atoms with E-state index in [1.54, 1.807) is 0 Å².